The fraction of sp³-hybridized carbons (Fsp3) is 0.250. The predicted molar refractivity (Wildman–Crippen MR) is 138 cm³/mol. The SMILES string of the molecule is COc1cc(Cl)ccc1C(N)=O.COc1ccccc1N1CCN(c2ccc(S(=O)(=O)O)cn2)CC1. The van der Waals surface area contributed by atoms with Crippen LogP contribution in [-0.4, -0.2) is 64.3 Å². The zero-order valence-corrected chi connectivity index (χ0v) is 21.4. The first-order valence-electron chi connectivity index (χ1n) is 10.8. The summed E-state index contributed by atoms with van der Waals surface area (Å²) in [6.45, 7) is 3.14. The molecule has 4 rings (SSSR count). The Labute approximate surface area is 214 Å². The highest BCUT2D eigenvalue weighted by molar-refractivity contribution is 7.85. The fourth-order valence-corrected chi connectivity index (χ4v) is 4.24. The van der Waals surface area contributed by atoms with E-state index in [9.17, 15) is 13.2 Å². The van der Waals surface area contributed by atoms with Crippen LogP contribution in [0.5, 0.6) is 11.5 Å². The molecule has 12 heteroatoms. The van der Waals surface area contributed by atoms with Crippen molar-refractivity contribution in [2.24, 2.45) is 5.73 Å². The number of hydrogen-bond donors (Lipinski definition) is 2. The number of halogens is 1. The molecule has 0 radical (unpaired) electrons. The van der Waals surface area contributed by atoms with E-state index in [0.29, 0.717) is 22.2 Å². The monoisotopic (exact) mass is 534 g/mol. The summed E-state index contributed by atoms with van der Waals surface area (Å²) in [6.07, 6.45) is 1.18. The summed E-state index contributed by atoms with van der Waals surface area (Å²) in [5, 5.41) is 0.511. The van der Waals surface area contributed by atoms with Gasteiger partial charge in [-0.15, -0.1) is 0 Å². The fourth-order valence-electron chi connectivity index (χ4n) is 3.65. The maximum atomic E-state index is 11.1. The second-order valence-corrected chi connectivity index (χ2v) is 9.54. The Morgan fingerprint density at radius 1 is 0.972 bits per heavy atom. The molecule has 1 fully saturated rings. The summed E-state index contributed by atoms with van der Waals surface area (Å²) < 4.78 is 41.4. The molecule has 192 valence electrons. The third kappa shape index (κ3) is 6.78. The molecule has 0 bridgehead atoms. The first kappa shape index (κ1) is 27.1. The molecule has 2 heterocycles. The number of methoxy groups -OCH3 is 2. The summed E-state index contributed by atoms with van der Waals surface area (Å²) >= 11 is 5.67. The van der Waals surface area contributed by atoms with E-state index < -0.39 is 16.0 Å². The first-order chi connectivity index (χ1) is 17.1. The Morgan fingerprint density at radius 3 is 2.17 bits per heavy atom. The Balaban J connectivity index is 0.000000253. The van der Waals surface area contributed by atoms with E-state index in [2.05, 4.69) is 14.8 Å². The van der Waals surface area contributed by atoms with E-state index in [1.165, 1.54) is 25.4 Å². The maximum absolute atomic E-state index is 11.1. The molecule has 36 heavy (non-hydrogen) atoms. The molecule has 1 aliphatic rings. The number of benzene rings is 2. The topological polar surface area (TPSA) is 135 Å². The Kier molecular flexibility index (Phi) is 8.97. The minimum Gasteiger partial charge on any atom is -0.496 e. The van der Waals surface area contributed by atoms with Crippen LogP contribution in [0.2, 0.25) is 5.02 Å². The van der Waals surface area contributed by atoms with Crippen LogP contribution in [0, 0.1) is 0 Å². The zero-order chi connectivity index (χ0) is 26.3. The van der Waals surface area contributed by atoms with Crippen molar-refractivity contribution in [3.8, 4) is 11.5 Å². The number of carbonyl (C=O) groups excluding carboxylic acids is 1. The van der Waals surface area contributed by atoms with Crippen molar-refractivity contribution in [1.82, 2.24) is 4.98 Å². The molecule has 1 aromatic heterocycles. The van der Waals surface area contributed by atoms with Gasteiger partial charge in [-0.05, 0) is 42.5 Å². The Morgan fingerprint density at radius 2 is 1.61 bits per heavy atom. The molecule has 3 N–H and O–H groups in total. The highest BCUT2D eigenvalue weighted by Gasteiger charge is 2.21. The average Bonchev–Trinajstić information content (AvgIpc) is 2.88. The zero-order valence-electron chi connectivity index (χ0n) is 19.8. The maximum Gasteiger partial charge on any atom is 0.296 e. The molecule has 3 aromatic rings. The minimum absolute atomic E-state index is 0.195. The van der Waals surface area contributed by atoms with Gasteiger partial charge >= 0.3 is 0 Å². The van der Waals surface area contributed by atoms with Gasteiger partial charge in [-0.3, -0.25) is 9.35 Å². The number of pyridine rings is 1. The van der Waals surface area contributed by atoms with Crippen LogP contribution in [0.4, 0.5) is 11.5 Å². The number of anilines is 2. The van der Waals surface area contributed by atoms with Crippen molar-refractivity contribution in [1.29, 1.82) is 0 Å². The average molecular weight is 535 g/mol. The van der Waals surface area contributed by atoms with Crippen LogP contribution < -0.4 is 25.0 Å². The lowest BCUT2D eigenvalue weighted by atomic mass is 10.2. The molecule has 1 saturated heterocycles. The van der Waals surface area contributed by atoms with Gasteiger partial charge in [0.2, 0.25) is 0 Å². The molecule has 1 amide bonds. The van der Waals surface area contributed by atoms with Crippen molar-refractivity contribution in [3.63, 3.8) is 0 Å². The summed E-state index contributed by atoms with van der Waals surface area (Å²) in [4.78, 5) is 19.1. The number of amides is 1. The van der Waals surface area contributed by atoms with Crippen LogP contribution in [0.3, 0.4) is 0 Å². The van der Waals surface area contributed by atoms with E-state index in [0.717, 1.165) is 37.6 Å². The number of rotatable bonds is 6. The quantitative estimate of drug-likeness (QED) is 0.457. The minimum atomic E-state index is -4.21. The number of piperazine rings is 1. The van der Waals surface area contributed by atoms with E-state index in [4.69, 9.17) is 31.4 Å². The number of nitrogens with zero attached hydrogens (tertiary/aromatic N) is 3. The first-order valence-corrected chi connectivity index (χ1v) is 12.7. The number of aromatic nitrogens is 1. The van der Waals surface area contributed by atoms with Crippen LogP contribution in [0.1, 0.15) is 10.4 Å². The molecular weight excluding hydrogens is 508 g/mol. The molecule has 0 saturated carbocycles. The van der Waals surface area contributed by atoms with Crippen LogP contribution in [0.25, 0.3) is 0 Å². The number of ether oxygens (including phenoxy) is 2. The number of carbonyl (C=O) groups is 1. The third-order valence-electron chi connectivity index (χ3n) is 5.48. The van der Waals surface area contributed by atoms with Gasteiger partial charge in [-0.1, -0.05) is 23.7 Å². The number of para-hydroxylation sites is 2. The van der Waals surface area contributed by atoms with E-state index >= 15 is 0 Å². The van der Waals surface area contributed by atoms with Crippen molar-refractivity contribution in [3.05, 3.63) is 71.4 Å². The van der Waals surface area contributed by atoms with E-state index in [-0.39, 0.29) is 4.90 Å². The van der Waals surface area contributed by atoms with Crippen LogP contribution >= 0.6 is 11.6 Å². The van der Waals surface area contributed by atoms with Gasteiger partial charge in [0.25, 0.3) is 16.0 Å². The second-order valence-electron chi connectivity index (χ2n) is 7.68. The predicted octanol–water partition coefficient (Wildman–Crippen LogP) is 3.11. The number of nitrogens with two attached hydrogens (primary N) is 1. The lowest BCUT2D eigenvalue weighted by Crippen LogP contribution is -2.46. The smallest absolute Gasteiger partial charge is 0.296 e. The van der Waals surface area contributed by atoms with E-state index in [1.807, 2.05) is 24.3 Å². The van der Waals surface area contributed by atoms with Crippen LogP contribution in [0.15, 0.2) is 65.7 Å². The molecule has 1 aliphatic heterocycles. The lowest BCUT2D eigenvalue weighted by Gasteiger charge is -2.37. The molecular formula is C24H27ClN4O6S. The Bertz CT molecular complexity index is 1300. The van der Waals surface area contributed by atoms with Crippen LogP contribution in [-0.2, 0) is 10.1 Å². The summed E-state index contributed by atoms with van der Waals surface area (Å²) in [6, 6.07) is 15.5. The largest absolute Gasteiger partial charge is 0.496 e. The standard InChI is InChI=1S/C16H19N3O4S.C8H8ClNO2/c1-23-15-5-3-2-4-14(15)18-8-10-19(11-9-18)16-7-6-13(12-17-16)24(20,21)22;1-12-7-4-5(9)2-3-6(7)8(10)11/h2-7,12H,8-11H2,1H3,(H,20,21,22);2-4H,1H3,(H2,10,11). The van der Waals surface area contributed by atoms with Gasteiger partial charge in [0, 0.05) is 31.2 Å². The van der Waals surface area contributed by atoms with Crippen molar-refractivity contribution in [2.45, 2.75) is 4.90 Å². The molecule has 0 atom stereocenters. The van der Waals surface area contributed by atoms with Crippen molar-refractivity contribution in [2.75, 3.05) is 50.2 Å². The van der Waals surface area contributed by atoms with Gasteiger partial charge in [0.05, 0.1) is 31.7 Å². The normalized spacial score (nSPS) is 13.4. The molecule has 0 aliphatic carbocycles. The molecule has 0 spiro atoms. The van der Waals surface area contributed by atoms with Gasteiger partial charge in [-0.2, -0.15) is 8.42 Å². The highest BCUT2D eigenvalue weighted by Crippen LogP contribution is 2.29. The third-order valence-corrected chi connectivity index (χ3v) is 6.55. The van der Waals surface area contributed by atoms with Crippen molar-refractivity contribution < 1.29 is 27.2 Å². The lowest BCUT2D eigenvalue weighted by molar-refractivity contribution is 0.0997. The van der Waals surface area contributed by atoms with Gasteiger partial charge in [-0.25, -0.2) is 4.98 Å². The Hall–Kier alpha value is -3.54. The number of primary amides is 1. The molecule has 0 unspecified atom stereocenters. The summed E-state index contributed by atoms with van der Waals surface area (Å²) in [5.41, 5.74) is 6.48. The second kappa shape index (κ2) is 11.9. The summed E-state index contributed by atoms with van der Waals surface area (Å²) in [5.74, 6) is 1.42. The van der Waals surface area contributed by atoms with Crippen molar-refractivity contribution >= 4 is 39.1 Å². The number of hydrogen-bond acceptors (Lipinski definition) is 8. The van der Waals surface area contributed by atoms with Gasteiger partial charge in [0.15, 0.2) is 0 Å². The van der Waals surface area contributed by atoms with Gasteiger partial charge < -0.3 is 25.0 Å². The summed E-state index contributed by atoms with van der Waals surface area (Å²) in [7, 11) is -1.09. The van der Waals surface area contributed by atoms with Gasteiger partial charge in [0.1, 0.15) is 22.2 Å². The molecule has 10 nitrogen and oxygen atoms in total. The molecule has 2 aromatic carbocycles. The van der Waals surface area contributed by atoms with E-state index in [1.54, 1.807) is 25.3 Å². The highest BCUT2D eigenvalue weighted by atomic mass is 35.5.